The summed E-state index contributed by atoms with van der Waals surface area (Å²) in [6, 6.07) is 8.06. The molecule has 0 radical (unpaired) electrons. The molecule has 3 N–H and O–H groups in total. The first-order valence-corrected chi connectivity index (χ1v) is 7.10. The maximum absolute atomic E-state index is 9.31. The molecule has 0 bridgehead atoms. The zero-order valence-corrected chi connectivity index (χ0v) is 11.2. The predicted octanol–water partition coefficient (Wildman–Crippen LogP) is 2.15. The lowest BCUT2D eigenvalue weighted by atomic mass is 9.82. The molecule has 3 rings (SSSR count). The standard InChI is InChI=1S/C15H21N3O/c16-15(8-4-1-5-9-15)14-17-12-6-2-3-7-13(12)18(14)10-11-19/h2-3,6-7,19H,1,4-5,8-11,16H2. The summed E-state index contributed by atoms with van der Waals surface area (Å²) < 4.78 is 2.10. The number of fused-ring (bicyclic) bond motifs is 1. The van der Waals surface area contributed by atoms with E-state index in [1.54, 1.807) is 0 Å². The highest BCUT2D eigenvalue weighted by molar-refractivity contribution is 5.76. The molecule has 1 saturated carbocycles. The van der Waals surface area contributed by atoms with Gasteiger partial charge in [-0.05, 0) is 25.0 Å². The van der Waals surface area contributed by atoms with Crippen LogP contribution in [-0.4, -0.2) is 21.3 Å². The van der Waals surface area contributed by atoms with Crippen molar-refractivity contribution in [1.82, 2.24) is 9.55 Å². The summed E-state index contributed by atoms with van der Waals surface area (Å²) in [6.45, 7) is 0.679. The Morgan fingerprint density at radius 3 is 2.68 bits per heavy atom. The van der Waals surface area contributed by atoms with Crippen molar-refractivity contribution in [2.75, 3.05) is 6.61 Å². The van der Waals surface area contributed by atoms with Crippen LogP contribution in [0.15, 0.2) is 24.3 Å². The van der Waals surface area contributed by atoms with Gasteiger partial charge >= 0.3 is 0 Å². The Hall–Kier alpha value is -1.39. The van der Waals surface area contributed by atoms with E-state index in [9.17, 15) is 5.11 Å². The Balaban J connectivity index is 2.13. The van der Waals surface area contributed by atoms with Crippen LogP contribution >= 0.6 is 0 Å². The van der Waals surface area contributed by atoms with Gasteiger partial charge in [-0.3, -0.25) is 0 Å². The molecule has 19 heavy (non-hydrogen) atoms. The second kappa shape index (κ2) is 4.94. The Kier molecular flexibility index (Phi) is 3.29. The molecule has 1 fully saturated rings. The van der Waals surface area contributed by atoms with Crippen molar-refractivity contribution in [3.63, 3.8) is 0 Å². The lowest BCUT2D eigenvalue weighted by Crippen LogP contribution is -2.41. The van der Waals surface area contributed by atoms with Crippen LogP contribution in [0.4, 0.5) is 0 Å². The second-order valence-electron chi connectivity index (χ2n) is 5.52. The van der Waals surface area contributed by atoms with Crippen LogP contribution in [0.25, 0.3) is 11.0 Å². The summed E-state index contributed by atoms with van der Waals surface area (Å²) >= 11 is 0. The third-order valence-corrected chi connectivity index (χ3v) is 4.17. The molecule has 4 heteroatoms. The minimum Gasteiger partial charge on any atom is -0.395 e. The number of aromatic nitrogens is 2. The van der Waals surface area contributed by atoms with Gasteiger partial charge < -0.3 is 15.4 Å². The fraction of sp³-hybridized carbons (Fsp3) is 0.533. The predicted molar refractivity (Wildman–Crippen MR) is 75.8 cm³/mol. The Bertz CT molecular complexity index is 570. The van der Waals surface area contributed by atoms with E-state index in [0.717, 1.165) is 29.7 Å². The first kappa shape index (κ1) is 12.6. The van der Waals surface area contributed by atoms with Crippen LogP contribution in [-0.2, 0) is 12.1 Å². The van der Waals surface area contributed by atoms with Crippen LogP contribution in [0.3, 0.4) is 0 Å². The van der Waals surface area contributed by atoms with Crippen LogP contribution in [0, 0.1) is 0 Å². The van der Waals surface area contributed by atoms with Crippen LogP contribution in [0.5, 0.6) is 0 Å². The van der Waals surface area contributed by atoms with Crippen LogP contribution < -0.4 is 5.73 Å². The summed E-state index contributed by atoms with van der Waals surface area (Å²) in [7, 11) is 0. The number of hydrogen-bond acceptors (Lipinski definition) is 3. The van der Waals surface area contributed by atoms with Crippen LogP contribution in [0.1, 0.15) is 37.9 Å². The lowest BCUT2D eigenvalue weighted by Gasteiger charge is -2.33. The average molecular weight is 259 g/mol. The highest BCUT2D eigenvalue weighted by Crippen LogP contribution is 2.35. The van der Waals surface area contributed by atoms with Gasteiger partial charge in [-0.25, -0.2) is 4.98 Å². The Morgan fingerprint density at radius 1 is 1.21 bits per heavy atom. The number of para-hydroxylation sites is 2. The number of rotatable bonds is 3. The smallest absolute Gasteiger partial charge is 0.130 e. The van der Waals surface area contributed by atoms with Crippen molar-refractivity contribution >= 4 is 11.0 Å². The molecule has 1 aromatic heterocycles. The summed E-state index contributed by atoms with van der Waals surface area (Å²) in [5, 5.41) is 9.31. The zero-order chi connectivity index (χ0) is 13.3. The molecule has 1 aromatic carbocycles. The topological polar surface area (TPSA) is 64.1 Å². The van der Waals surface area contributed by atoms with E-state index in [2.05, 4.69) is 4.57 Å². The first-order chi connectivity index (χ1) is 9.24. The van der Waals surface area contributed by atoms with Gasteiger partial charge in [0.1, 0.15) is 5.82 Å². The van der Waals surface area contributed by atoms with Crippen molar-refractivity contribution in [2.24, 2.45) is 5.73 Å². The Labute approximate surface area is 113 Å². The molecule has 0 saturated heterocycles. The third-order valence-electron chi connectivity index (χ3n) is 4.17. The fourth-order valence-electron chi connectivity index (χ4n) is 3.19. The monoisotopic (exact) mass is 259 g/mol. The molecule has 4 nitrogen and oxygen atoms in total. The summed E-state index contributed by atoms with van der Waals surface area (Å²) in [4.78, 5) is 4.75. The van der Waals surface area contributed by atoms with E-state index < -0.39 is 0 Å². The van der Waals surface area contributed by atoms with Gasteiger partial charge in [0.15, 0.2) is 0 Å². The van der Waals surface area contributed by atoms with Gasteiger partial charge in [-0.1, -0.05) is 31.4 Å². The quantitative estimate of drug-likeness (QED) is 0.887. The summed E-state index contributed by atoms with van der Waals surface area (Å²) in [5.41, 5.74) is 8.33. The minimum atomic E-state index is -0.327. The molecule has 0 amide bonds. The van der Waals surface area contributed by atoms with E-state index in [1.807, 2.05) is 24.3 Å². The van der Waals surface area contributed by atoms with E-state index in [4.69, 9.17) is 10.7 Å². The molecule has 2 aromatic rings. The molecule has 1 aliphatic rings. The van der Waals surface area contributed by atoms with E-state index in [-0.39, 0.29) is 12.1 Å². The molecule has 1 heterocycles. The SMILES string of the molecule is NC1(c2nc3ccccc3n2CCO)CCCCC1. The Morgan fingerprint density at radius 2 is 1.95 bits per heavy atom. The molecule has 102 valence electrons. The van der Waals surface area contributed by atoms with Gasteiger partial charge in [-0.15, -0.1) is 0 Å². The fourth-order valence-corrected chi connectivity index (χ4v) is 3.19. The van der Waals surface area contributed by atoms with Gasteiger partial charge in [0.2, 0.25) is 0 Å². The summed E-state index contributed by atoms with van der Waals surface area (Å²) in [6.07, 6.45) is 5.57. The zero-order valence-electron chi connectivity index (χ0n) is 11.2. The van der Waals surface area contributed by atoms with Crippen LogP contribution in [0.2, 0.25) is 0 Å². The number of hydrogen-bond donors (Lipinski definition) is 2. The van der Waals surface area contributed by atoms with Gasteiger partial charge in [0, 0.05) is 6.54 Å². The van der Waals surface area contributed by atoms with Gasteiger partial charge in [0.25, 0.3) is 0 Å². The highest BCUT2D eigenvalue weighted by atomic mass is 16.3. The maximum Gasteiger partial charge on any atom is 0.130 e. The van der Waals surface area contributed by atoms with Crippen molar-refractivity contribution in [2.45, 2.75) is 44.2 Å². The largest absolute Gasteiger partial charge is 0.395 e. The molecular weight excluding hydrogens is 238 g/mol. The molecule has 1 aliphatic carbocycles. The van der Waals surface area contributed by atoms with Gasteiger partial charge in [-0.2, -0.15) is 0 Å². The third kappa shape index (κ3) is 2.15. The number of nitrogens with zero attached hydrogens (tertiary/aromatic N) is 2. The van der Waals surface area contributed by atoms with Crippen molar-refractivity contribution in [3.05, 3.63) is 30.1 Å². The molecular formula is C15H21N3O. The molecule has 0 atom stereocenters. The normalized spacial score (nSPS) is 18.8. The highest BCUT2D eigenvalue weighted by Gasteiger charge is 2.34. The van der Waals surface area contributed by atoms with E-state index in [0.29, 0.717) is 6.54 Å². The number of aliphatic hydroxyl groups excluding tert-OH is 1. The van der Waals surface area contributed by atoms with E-state index >= 15 is 0 Å². The molecule has 0 spiro atoms. The molecule has 0 aliphatic heterocycles. The van der Waals surface area contributed by atoms with Crippen molar-refractivity contribution in [3.8, 4) is 0 Å². The van der Waals surface area contributed by atoms with Crippen molar-refractivity contribution in [1.29, 1.82) is 0 Å². The average Bonchev–Trinajstić information content (AvgIpc) is 2.80. The number of aliphatic hydroxyl groups is 1. The maximum atomic E-state index is 9.31. The number of benzene rings is 1. The number of nitrogens with two attached hydrogens (primary N) is 1. The summed E-state index contributed by atoms with van der Waals surface area (Å²) in [5.74, 6) is 0.947. The first-order valence-electron chi connectivity index (χ1n) is 7.10. The number of imidazole rings is 1. The molecule has 0 unspecified atom stereocenters. The van der Waals surface area contributed by atoms with Crippen molar-refractivity contribution < 1.29 is 5.11 Å². The van der Waals surface area contributed by atoms with Gasteiger partial charge in [0.05, 0.1) is 23.2 Å². The van der Waals surface area contributed by atoms with E-state index in [1.165, 1.54) is 19.3 Å². The lowest BCUT2D eigenvalue weighted by molar-refractivity contribution is 0.251. The minimum absolute atomic E-state index is 0.115. The second-order valence-corrected chi connectivity index (χ2v) is 5.52.